The van der Waals surface area contributed by atoms with Gasteiger partial charge in [-0.15, -0.1) is 0 Å². The fourth-order valence-electron chi connectivity index (χ4n) is 4.18. The second-order valence-corrected chi connectivity index (χ2v) is 7.62. The van der Waals surface area contributed by atoms with Gasteiger partial charge in [0.05, 0.1) is 12.2 Å². The summed E-state index contributed by atoms with van der Waals surface area (Å²) in [6, 6.07) is 16.8. The monoisotopic (exact) mass is 394 g/mol. The summed E-state index contributed by atoms with van der Waals surface area (Å²) < 4.78 is 1.73. The first-order chi connectivity index (χ1) is 14.6. The van der Waals surface area contributed by atoms with Gasteiger partial charge in [0.2, 0.25) is 0 Å². The second kappa shape index (κ2) is 7.26. The Morgan fingerprint density at radius 3 is 2.90 bits per heavy atom. The lowest BCUT2D eigenvalue weighted by atomic mass is 9.97. The number of carbonyl (C=O) groups is 1. The first-order valence-electron chi connectivity index (χ1n) is 10.1. The predicted molar refractivity (Wildman–Crippen MR) is 120 cm³/mol. The minimum absolute atomic E-state index is 0.0936. The van der Waals surface area contributed by atoms with Crippen molar-refractivity contribution in [1.82, 2.24) is 15.1 Å². The lowest BCUT2D eigenvalue weighted by Crippen LogP contribution is -2.35. The molecule has 0 bridgehead atoms. The predicted octanol–water partition coefficient (Wildman–Crippen LogP) is 4.23. The molecule has 2 aliphatic rings. The van der Waals surface area contributed by atoms with Crippen molar-refractivity contribution in [2.75, 3.05) is 6.54 Å². The SMILES string of the molecule is C=C(/C=C\N=C(C)c1cccc2c1-c1ccccc1C2)c1cc2n(n1)CCNC2=O. The summed E-state index contributed by atoms with van der Waals surface area (Å²) in [7, 11) is 0. The molecule has 1 aliphatic carbocycles. The van der Waals surface area contributed by atoms with Crippen molar-refractivity contribution in [3.63, 3.8) is 0 Å². The lowest BCUT2D eigenvalue weighted by Gasteiger charge is -2.13. The van der Waals surface area contributed by atoms with Crippen LogP contribution in [0.1, 0.15) is 39.8 Å². The Kier molecular flexibility index (Phi) is 4.43. The zero-order valence-corrected chi connectivity index (χ0v) is 16.9. The molecule has 5 rings (SSSR count). The normalized spacial score (nSPS) is 15.0. The van der Waals surface area contributed by atoms with Gasteiger partial charge in [0.15, 0.2) is 0 Å². The van der Waals surface area contributed by atoms with E-state index in [2.05, 4.69) is 64.5 Å². The van der Waals surface area contributed by atoms with Crippen molar-refractivity contribution < 1.29 is 4.79 Å². The molecule has 0 unspecified atom stereocenters. The average Bonchev–Trinajstić information content (AvgIpc) is 3.36. The Hall–Kier alpha value is -3.73. The van der Waals surface area contributed by atoms with Crippen LogP contribution in [-0.2, 0) is 13.0 Å². The standard InChI is InChI=1S/C25H22N4O/c1-16(22-15-23-25(30)27-12-13-29(23)28-22)10-11-26-17(2)20-9-5-7-19-14-18-6-3-4-8-21(18)24(19)20/h3-11,15H,1,12-14H2,2H3,(H,27,30)/b11-10-,26-17?. The highest BCUT2D eigenvalue weighted by atomic mass is 16.2. The smallest absolute Gasteiger partial charge is 0.269 e. The number of amides is 1. The molecule has 2 aromatic carbocycles. The van der Waals surface area contributed by atoms with Gasteiger partial charge < -0.3 is 5.32 Å². The molecular weight excluding hydrogens is 372 g/mol. The highest BCUT2D eigenvalue weighted by Crippen LogP contribution is 2.39. The maximum absolute atomic E-state index is 11.9. The van der Waals surface area contributed by atoms with Crippen LogP contribution in [0.15, 0.2) is 72.4 Å². The number of nitrogens with zero attached hydrogens (tertiary/aromatic N) is 3. The number of benzene rings is 2. The Balaban J connectivity index is 1.40. The minimum atomic E-state index is -0.0936. The van der Waals surface area contributed by atoms with Crippen LogP contribution in [0.5, 0.6) is 0 Å². The average molecular weight is 394 g/mol. The van der Waals surface area contributed by atoms with Crippen LogP contribution in [0.2, 0.25) is 0 Å². The molecule has 1 amide bonds. The molecule has 5 heteroatoms. The lowest BCUT2D eigenvalue weighted by molar-refractivity contribution is 0.0924. The zero-order valence-electron chi connectivity index (χ0n) is 16.9. The topological polar surface area (TPSA) is 59.3 Å². The Morgan fingerprint density at radius 2 is 2.03 bits per heavy atom. The van der Waals surface area contributed by atoms with Gasteiger partial charge in [-0.25, -0.2) is 0 Å². The van der Waals surface area contributed by atoms with Gasteiger partial charge in [-0.05, 0) is 53.3 Å². The van der Waals surface area contributed by atoms with Gasteiger partial charge in [-0.2, -0.15) is 5.10 Å². The molecule has 30 heavy (non-hydrogen) atoms. The Morgan fingerprint density at radius 1 is 1.20 bits per heavy atom. The summed E-state index contributed by atoms with van der Waals surface area (Å²) >= 11 is 0. The molecule has 0 saturated heterocycles. The number of aromatic nitrogens is 2. The van der Waals surface area contributed by atoms with Crippen LogP contribution in [-0.4, -0.2) is 27.9 Å². The van der Waals surface area contributed by atoms with E-state index >= 15 is 0 Å². The van der Waals surface area contributed by atoms with E-state index in [9.17, 15) is 4.79 Å². The van der Waals surface area contributed by atoms with Crippen molar-refractivity contribution in [3.05, 3.63) is 95.5 Å². The van der Waals surface area contributed by atoms with Crippen molar-refractivity contribution in [2.45, 2.75) is 19.9 Å². The van der Waals surface area contributed by atoms with E-state index in [-0.39, 0.29) is 5.91 Å². The molecule has 0 spiro atoms. The van der Waals surface area contributed by atoms with Crippen LogP contribution in [0.3, 0.4) is 0 Å². The molecule has 0 saturated carbocycles. The number of allylic oxidation sites excluding steroid dienone is 2. The van der Waals surface area contributed by atoms with Crippen LogP contribution >= 0.6 is 0 Å². The van der Waals surface area contributed by atoms with Crippen LogP contribution in [0.4, 0.5) is 0 Å². The maximum Gasteiger partial charge on any atom is 0.269 e. The molecule has 1 aromatic heterocycles. The van der Waals surface area contributed by atoms with Gasteiger partial charge in [0.1, 0.15) is 5.69 Å². The molecular formula is C25H22N4O. The summed E-state index contributed by atoms with van der Waals surface area (Å²) in [4.78, 5) is 16.6. The quantitative estimate of drug-likeness (QED) is 0.416. The first kappa shape index (κ1) is 18.3. The minimum Gasteiger partial charge on any atom is -0.349 e. The summed E-state index contributed by atoms with van der Waals surface area (Å²) in [5.41, 5.74) is 9.40. The van der Waals surface area contributed by atoms with Crippen molar-refractivity contribution >= 4 is 17.2 Å². The van der Waals surface area contributed by atoms with Gasteiger partial charge >= 0.3 is 0 Å². The van der Waals surface area contributed by atoms with Crippen LogP contribution < -0.4 is 5.32 Å². The summed E-state index contributed by atoms with van der Waals surface area (Å²) in [6.07, 6.45) is 4.57. The summed E-state index contributed by atoms with van der Waals surface area (Å²) in [5, 5.41) is 7.31. The fraction of sp³-hybridized carbons (Fsp3) is 0.160. The molecule has 2 heterocycles. The Labute approximate surface area is 175 Å². The number of fused-ring (bicyclic) bond motifs is 4. The highest BCUT2D eigenvalue weighted by Gasteiger charge is 2.22. The van der Waals surface area contributed by atoms with Gasteiger partial charge in [-0.1, -0.05) is 49.0 Å². The number of rotatable bonds is 4. The molecule has 5 nitrogen and oxygen atoms in total. The van der Waals surface area contributed by atoms with Gasteiger partial charge in [-0.3, -0.25) is 14.5 Å². The third-order valence-electron chi connectivity index (χ3n) is 5.70. The molecule has 1 aliphatic heterocycles. The van der Waals surface area contributed by atoms with Crippen molar-refractivity contribution in [2.24, 2.45) is 4.99 Å². The van der Waals surface area contributed by atoms with E-state index in [1.54, 1.807) is 16.9 Å². The van der Waals surface area contributed by atoms with E-state index in [0.29, 0.717) is 24.5 Å². The van der Waals surface area contributed by atoms with Crippen LogP contribution in [0, 0.1) is 0 Å². The molecule has 148 valence electrons. The van der Waals surface area contributed by atoms with E-state index in [1.165, 1.54) is 22.3 Å². The maximum atomic E-state index is 11.9. The molecule has 0 radical (unpaired) electrons. The molecule has 0 atom stereocenters. The number of aliphatic imine (C=N–C) groups is 1. The third kappa shape index (κ3) is 3.08. The molecule has 1 N–H and O–H groups in total. The van der Waals surface area contributed by atoms with Crippen molar-refractivity contribution in [1.29, 1.82) is 0 Å². The van der Waals surface area contributed by atoms with E-state index < -0.39 is 0 Å². The largest absolute Gasteiger partial charge is 0.349 e. The van der Waals surface area contributed by atoms with Crippen molar-refractivity contribution in [3.8, 4) is 11.1 Å². The van der Waals surface area contributed by atoms with E-state index in [4.69, 9.17) is 0 Å². The second-order valence-electron chi connectivity index (χ2n) is 7.62. The number of carbonyl (C=O) groups excluding carboxylic acids is 1. The Bertz CT molecular complexity index is 1250. The first-order valence-corrected chi connectivity index (χ1v) is 10.1. The summed E-state index contributed by atoms with van der Waals surface area (Å²) in [6.45, 7) is 7.40. The van der Waals surface area contributed by atoms with Crippen LogP contribution in [0.25, 0.3) is 16.7 Å². The third-order valence-corrected chi connectivity index (χ3v) is 5.70. The summed E-state index contributed by atoms with van der Waals surface area (Å²) in [5.74, 6) is -0.0936. The molecule has 3 aromatic rings. The number of hydrogen-bond donors (Lipinski definition) is 1. The van der Waals surface area contributed by atoms with E-state index in [0.717, 1.165) is 23.3 Å². The molecule has 0 fully saturated rings. The van der Waals surface area contributed by atoms with Gasteiger partial charge in [0.25, 0.3) is 5.91 Å². The highest BCUT2D eigenvalue weighted by molar-refractivity contribution is 6.06. The van der Waals surface area contributed by atoms with E-state index in [1.807, 2.05) is 13.0 Å². The fourth-order valence-corrected chi connectivity index (χ4v) is 4.18. The number of hydrogen-bond acceptors (Lipinski definition) is 3. The zero-order chi connectivity index (χ0) is 20.7. The number of nitrogens with one attached hydrogen (secondary N) is 1. The van der Waals surface area contributed by atoms with Gasteiger partial charge in [0, 0.05) is 24.0 Å².